The molecule has 0 saturated carbocycles. The van der Waals surface area contributed by atoms with Crippen molar-refractivity contribution in [2.45, 2.75) is 13.8 Å². The Bertz CT molecular complexity index is 785. The number of rotatable bonds is 2. The van der Waals surface area contributed by atoms with Crippen molar-refractivity contribution in [2.24, 2.45) is 0 Å². The molecule has 2 nitrogen and oxygen atoms in total. The van der Waals surface area contributed by atoms with E-state index in [0.29, 0.717) is 5.56 Å². The molecule has 0 spiro atoms. The van der Waals surface area contributed by atoms with Gasteiger partial charge in [-0.3, -0.25) is 4.79 Å². The highest BCUT2D eigenvalue weighted by Gasteiger charge is 2.15. The molecule has 2 heterocycles. The molecule has 3 rings (SSSR count). The van der Waals surface area contributed by atoms with Crippen LogP contribution >= 0.6 is 22.9 Å². The third kappa shape index (κ3) is 1.99. The lowest BCUT2D eigenvalue weighted by Gasteiger charge is -1.98. The molecule has 3 aromatic rings. The summed E-state index contributed by atoms with van der Waals surface area (Å²) in [5.41, 5.74) is 4.89. The van der Waals surface area contributed by atoms with E-state index in [1.165, 1.54) is 11.3 Å². The van der Waals surface area contributed by atoms with Gasteiger partial charge in [0.2, 0.25) is 0 Å². The summed E-state index contributed by atoms with van der Waals surface area (Å²) in [4.78, 5) is 15.8. The quantitative estimate of drug-likeness (QED) is 0.663. The van der Waals surface area contributed by atoms with E-state index in [-0.39, 0.29) is 0 Å². The van der Waals surface area contributed by atoms with Gasteiger partial charge < -0.3 is 4.98 Å². The fourth-order valence-electron chi connectivity index (χ4n) is 2.44. The van der Waals surface area contributed by atoms with Crippen molar-refractivity contribution in [3.05, 3.63) is 45.3 Å². The van der Waals surface area contributed by atoms with E-state index < -0.39 is 0 Å². The summed E-state index contributed by atoms with van der Waals surface area (Å²) in [5.74, 6) is 0. The number of carbonyl (C=O) groups excluding carboxylic acids is 1. The van der Waals surface area contributed by atoms with Crippen LogP contribution in [0.2, 0.25) is 4.34 Å². The molecule has 1 N–H and O–H groups in total. The van der Waals surface area contributed by atoms with Crippen LogP contribution in [0.1, 0.15) is 21.5 Å². The van der Waals surface area contributed by atoms with Crippen molar-refractivity contribution in [1.82, 2.24) is 4.98 Å². The number of thiophene rings is 1. The molecule has 0 aliphatic heterocycles. The summed E-state index contributed by atoms with van der Waals surface area (Å²) in [5, 5.41) is 0.979. The van der Waals surface area contributed by atoms with Crippen molar-refractivity contribution in [2.75, 3.05) is 0 Å². The third-order valence-electron chi connectivity index (χ3n) is 3.23. The zero-order valence-electron chi connectivity index (χ0n) is 10.6. The summed E-state index contributed by atoms with van der Waals surface area (Å²) < 4.78 is 0.721. The van der Waals surface area contributed by atoms with Crippen LogP contribution in [-0.2, 0) is 0 Å². The summed E-state index contributed by atoms with van der Waals surface area (Å²) in [6.45, 7) is 4.08. The largest absolute Gasteiger partial charge is 0.353 e. The van der Waals surface area contributed by atoms with Gasteiger partial charge >= 0.3 is 0 Å². The van der Waals surface area contributed by atoms with Gasteiger partial charge in [-0.25, -0.2) is 0 Å². The van der Waals surface area contributed by atoms with E-state index in [1.54, 1.807) is 0 Å². The highest BCUT2D eigenvalue weighted by Crippen LogP contribution is 2.36. The number of hydrogen-bond donors (Lipinski definition) is 1. The Kier molecular flexibility index (Phi) is 2.96. The molecule has 0 amide bonds. The Hall–Kier alpha value is -1.58. The Morgan fingerprint density at radius 3 is 2.68 bits per heavy atom. The minimum atomic E-state index is 0.709. The van der Waals surface area contributed by atoms with Crippen LogP contribution in [0.3, 0.4) is 0 Å². The Labute approximate surface area is 120 Å². The second-order valence-corrected chi connectivity index (χ2v) is 6.35. The van der Waals surface area contributed by atoms with Crippen LogP contribution < -0.4 is 0 Å². The molecule has 2 aromatic heterocycles. The van der Waals surface area contributed by atoms with Crippen LogP contribution in [0.15, 0.2) is 24.3 Å². The number of nitrogens with one attached hydrogen (secondary N) is 1. The van der Waals surface area contributed by atoms with Crippen LogP contribution in [0, 0.1) is 13.8 Å². The highest BCUT2D eigenvalue weighted by molar-refractivity contribution is 7.19. The maximum Gasteiger partial charge on any atom is 0.152 e. The molecule has 4 heteroatoms. The minimum absolute atomic E-state index is 0.709. The predicted molar refractivity (Wildman–Crippen MR) is 81.5 cm³/mol. The van der Waals surface area contributed by atoms with Gasteiger partial charge in [-0.05, 0) is 37.6 Å². The summed E-state index contributed by atoms with van der Waals surface area (Å²) in [7, 11) is 0. The van der Waals surface area contributed by atoms with Crippen LogP contribution in [-0.4, -0.2) is 11.3 Å². The summed E-state index contributed by atoms with van der Waals surface area (Å²) >= 11 is 7.45. The van der Waals surface area contributed by atoms with Gasteiger partial charge in [-0.2, -0.15) is 0 Å². The van der Waals surface area contributed by atoms with E-state index in [4.69, 9.17) is 11.6 Å². The molecule has 0 atom stereocenters. The predicted octanol–water partition coefficient (Wildman–Crippen LogP) is 4.98. The second-order valence-electron chi connectivity index (χ2n) is 4.64. The first kappa shape index (κ1) is 12.5. The lowest BCUT2D eigenvalue weighted by atomic mass is 10.1. The Morgan fingerprint density at radius 2 is 2.05 bits per heavy atom. The third-order valence-corrected chi connectivity index (χ3v) is 4.48. The van der Waals surface area contributed by atoms with Crippen molar-refractivity contribution in [3.63, 3.8) is 0 Å². The second kappa shape index (κ2) is 4.51. The molecule has 19 heavy (non-hydrogen) atoms. The van der Waals surface area contributed by atoms with Gasteiger partial charge in [0, 0.05) is 16.5 Å². The number of aryl methyl sites for hydroxylation is 2. The average Bonchev–Trinajstić information content (AvgIpc) is 2.92. The highest BCUT2D eigenvalue weighted by atomic mass is 35.5. The fourth-order valence-corrected chi connectivity index (χ4v) is 3.50. The molecule has 0 radical (unpaired) electrons. The molecular weight excluding hydrogens is 278 g/mol. The van der Waals surface area contributed by atoms with Crippen LogP contribution in [0.4, 0.5) is 0 Å². The van der Waals surface area contributed by atoms with Crippen LogP contribution in [0.25, 0.3) is 21.5 Å². The van der Waals surface area contributed by atoms with E-state index in [9.17, 15) is 4.79 Å². The average molecular weight is 290 g/mol. The minimum Gasteiger partial charge on any atom is -0.353 e. The zero-order chi connectivity index (χ0) is 13.6. The maximum atomic E-state index is 11.5. The molecule has 1 aromatic carbocycles. The van der Waals surface area contributed by atoms with Gasteiger partial charge in [0.1, 0.15) is 0 Å². The standard InChI is InChI=1S/C15H12ClNOS/c1-8-5-9(2)14-10(6-8)11(7-18)15(17-14)12-3-4-13(16)19-12/h3-7,17H,1-2H3. The van der Waals surface area contributed by atoms with E-state index in [0.717, 1.165) is 43.2 Å². The van der Waals surface area contributed by atoms with E-state index in [1.807, 2.05) is 32.0 Å². The molecular formula is C15H12ClNOS. The molecule has 0 aliphatic rings. The first-order chi connectivity index (χ1) is 9.10. The number of aldehydes is 1. The monoisotopic (exact) mass is 289 g/mol. The topological polar surface area (TPSA) is 32.9 Å². The number of fused-ring (bicyclic) bond motifs is 1. The lowest BCUT2D eigenvalue weighted by Crippen LogP contribution is -1.82. The number of H-pyrrole nitrogens is 1. The maximum absolute atomic E-state index is 11.5. The van der Waals surface area contributed by atoms with Crippen molar-refractivity contribution < 1.29 is 4.79 Å². The molecule has 0 fully saturated rings. The van der Waals surface area contributed by atoms with Gasteiger partial charge in [-0.1, -0.05) is 23.2 Å². The number of aromatic nitrogens is 1. The van der Waals surface area contributed by atoms with Crippen molar-refractivity contribution in [1.29, 1.82) is 0 Å². The molecule has 0 bridgehead atoms. The van der Waals surface area contributed by atoms with Crippen molar-refractivity contribution in [3.8, 4) is 10.6 Å². The van der Waals surface area contributed by atoms with E-state index >= 15 is 0 Å². The van der Waals surface area contributed by atoms with Gasteiger partial charge in [0.15, 0.2) is 6.29 Å². The van der Waals surface area contributed by atoms with E-state index in [2.05, 4.69) is 11.1 Å². The fraction of sp³-hybridized carbons (Fsp3) is 0.133. The zero-order valence-corrected chi connectivity index (χ0v) is 12.2. The number of carbonyl (C=O) groups is 1. The Morgan fingerprint density at radius 1 is 1.26 bits per heavy atom. The van der Waals surface area contributed by atoms with Gasteiger partial charge in [0.05, 0.1) is 14.9 Å². The number of halogens is 1. The number of hydrogen-bond acceptors (Lipinski definition) is 2. The molecule has 0 unspecified atom stereocenters. The molecule has 0 aliphatic carbocycles. The normalized spacial score (nSPS) is 11.1. The van der Waals surface area contributed by atoms with Gasteiger partial charge in [-0.15, -0.1) is 11.3 Å². The first-order valence-electron chi connectivity index (χ1n) is 5.94. The van der Waals surface area contributed by atoms with Crippen LogP contribution in [0.5, 0.6) is 0 Å². The number of benzene rings is 1. The molecule has 0 saturated heterocycles. The Balaban J connectivity index is 2.37. The smallest absolute Gasteiger partial charge is 0.152 e. The SMILES string of the molecule is Cc1cc(C)c2[nH]c(-c3ccc(Cl)s3)c(C=O)c2c1. The molecule has 96 valence electrons. The number of aromatic amines is 1. The first-order valence-corrected chi connectivity index (χ1v) is 7.13. The lowest BCUT2D eigenvalue weighted by molar-refractivity contribution is 0.112. The van der Waals surface area contributed by atoms with Crippen molar-refractivity contribution >= 4 is 40.1 Å². The summed E-state index contributed by atoms with van der Waals surface area (Å²) in [6.07, 6.45) is 0.917. The summed E-state index contributed by atoms with van der Waals surface area (Å²) in [6, 6.07) is 7.94. The van der Waals surface area contributed by atoms with Gasteiger partial charge in [0.25, 0.3) is 0 Å².